The Hall–Kier alpha value is -3.12. The van der Waals surface area contributed by atoms with Gasteiger partial charge in [0.05, 0.1) is 16.7 Å². The number of hydrogen-bond donors (Lipinski definition) is 2. The average Bonchev–Trinajstić information content (AvgIpc) is 3.40. The predicted octanol–water partition coefficient (Wildman–Crippen LogP) is 5.56. The summed E-state index contributed by atoms with van der Waals surface area (Å²) in [4.78, 5) is 27.1. The van der Waals surface area contributed by atoms with Crippen molar-refractivity contribution < 1.29 is 14.3 Å². The molecule has 2 aromatic carbocycles. The number of para-hydroxylation sites is 2. The van der Waals surface area contributed by atoms with Crippen LogP contribution in [0.5, 0.6) is 11.5 Å². The highest BCUT2D eigenvalue weighted by atomic mass is 32.1. The first-order valence-electron chi connectivity index (χ1n) is 9.73. The molecule has 0 saturated heterocycles. The molecule has 2 heterocycles. The van der Waals surface area contributed by atoms with Crippen LogP contribution in [0.1, 0.15) is 40.9 Å². The second kappa shape index (κ2) is 7.04. The van der Waals surface area contributed by atoms with Crippen molar-refractivity contribution in [3.63, 3.8) is 0 Å². The van der Waals surface area contributed by atoms with Crippen molar-refractivity contribution in [1.29, 1.82) is 0 Å². The van der Waals surface area contributed by atoms with Gasteiger partial charge in [-0.3, -0.25) is 9.59 Å². The second-order valence-electron chi connectivity index (χ2n) is 7.48. The van der Waals surface area contributed by atoms with E-state index in [1.807, 2.05) is 35.7 Å². The number of benzene rings is 2. The van der Waals surface area contributed by atoms with E-state index in [1.165, 1.54) is 0 Å². The van der Waals surface area contributed by atoms with Gasteiger partial charge in [-0.1, -0.05) is 31.0 Å². The lowest BCUT2D eigenvalue weighted by Crippen LogP contribution is -2.37. The Balaban J connectivity index is 1.44. The van der Waals surface area contributed by atoms with Crippen molar-refractivity contribution in [2.45, 2.75) is 31.1 Å². The Kier molecular flexibility index (Phi) is 4.36. The zero-order valence-corrected chi connectivity index (χ0v) is 16.6. The molecule has 5 nitrogen and oxygen atoms in total. The summed E-state index contributed by atoms with van der Waals surface area (Å²) in [5, 5.41) is 7.94. The van der Waals surface area contributed by atoms with E-state index < -0.39 is 5.41 Å². The molecule has 2 amide bonds. The van der Waals surface area contributed by atoms with E-state index in [0.717, 1.165) is 30.6 Å². The number of carbonyl (C=O) groups excluding carboxylic acids is 2. The first kappa shape index (κ1) is 17.9. The molecular weight excluding hydrogens is 384 g/mol. The van der Waals surface area contributed by atoms with Gasteiger partial charge in [0, 0.05) is 10.6 Å². The van der Waals surface area contributed by atoms with E-state index >= 15 is 0 Å². The molecule has 1 fully saturated rings. The summed E-state index contributed by atoms with van der Waals surface area (Å²) in [5.41, 5.74) is 1.15. The number of hydrogen-bond acceptors (Lipinski definition) is 4. The first-order valence-corrected chi connectivity index (χ1v) is 10.6. The Morgan fingerprint density at radius 1 is 1.03 bits per heavy atom. The van der Waals surface area contributed by atoms with Gasteiger partial charge < -0.3 is 15.4 Å². The van der Waals surface area contributed by atoms with Gasteiger partial charge in [0.25, 0.3) is 5.91 Å². The third-order valence-corrected chi connectivity index (χ3v) is 6.80. The summed E-state index contributed by atoms with van der Waals surface area (Å²) in [6.45, 7) is 0. The van der Waals surface area contributed by atoms with Crippen molar-refractivity contribution in [1.82, 2.24) is 0 Å². The fourth-order valence-electron chi connectivity index (χ4n) is 4.21. The highest BCUT2D eigenvalue weighted by molar-refractivity contribution is 7.10. The molecule has 1 saturated carbocycles. The van der Waals surface area contributed by atoms with Crippen molar-refractivity contribution in [2.75, 3.05) is 10.6 Å². The van der Waals surface area contributed by atoms with Crippen LogP contribution in [0.25, 0.3) is 0 Å². The molecule has 5 rings (SSSR count). The number of fused-ring (bicyclic) bond motifs is 2. The summed E-state index contributed by atoms with van der Waals surface area (Å²) in [7, 11) is 0. The monoisotopic (exact) mass is 404 g/mol. The van der Waals surface area contributed by atoms with Gasteiger partial charge in [0.15, 0.2) is 5.75 Å². The minimum Gasteiger partial charge on any atom is -0.454 e. The zero-order chi connectivity index (χ0) is 19.8. The highest BCUT2D eigenvalue weighted by Gasteiger charge is 2.43. The Labute approximate surface area is 172 Å². The number of nitrogens with one attached hydrogen (secondary N) is 2. The smallest absolute Gasteiger partial charge is 0.259 e. The minimum absolute atomic E-state index is 0.00404. The molecule has 1 aromatic heterocycles. The number of anilines is 2. The van der Waals surface area contributed by atoms with E-state index in [-0.39, 0.29) is 11.8 Å². The SMILES string of the molecule is O=C1Nc2ccccc2Oc2ccc(NC(=O)C3(c4cccs4)CCCC3)cc21. The second-order valence-corrected chi connectivity index (χ2v) is 8.43. The van der Waals surface area contributed by atoms with Crippen LogP contribution < -0.4 is 15.4 Å². The maximum absolute atomic E-state index is 13.3. The normalized spacial score (nSPS) is 16.8. The molecule has 0 spiro atoms. The van der Waals surface area contributed by atoms with Gasteiger partial charge in [0.1, 0.15) is 5.75 Å². The molecule has 2 N–H and O–H groups in total. The van der Waals surface area contributed by atoms with Gasteiger partial charge in [0.2, 0.25) is 5.91 Å². The van der Waals surface area contributed by atoms with Gasteiger partial charge in [-0.05, 0) is 54.6 Å². The Bertz CT molecular complexity index is 1090. The quantitative estimate of drug-likeness (QED) is 0.601. The lowest BCUT2D eigenvalue weighted by molar-refractivity contribution is -0.121. The van der Waals surface area contributed by atoms with Gasteiger partial charge in [-0.2, -0.15) is 0 Å². The molecule has 0 radical (unpaired) electrons. The third kappa shape index (κ3) is 3.09. The zero-order valence-electron chi connectivity index (χ0n) is 15.7. The Morgan fingerprint density at radius 3 is 2.66 bits per heavy atom. The molecule has 0 unspecified atom stereocenters. The summed E-state index contributed by atoms with van der Waals surface area (Å²) in [6, 6.07) is 16.6. The van der Waals surface area contributed by atoms with Crippen LogP contribution >= 0.6 is 11.3 Å². The highest BCUT2D eigenvalue weighted by Crippen LogP contribution is 2.44. The molecule has 2 aliphatic rings. The van der Waals surface area contributed by atoms with E-state index in [1.54, 1.807) is 35.6 Å². The van der Waals surface area contributed by atoms with Crippen LogP contribution in [0.15, 0.2) is 60.0 Å². The maximum Gasteiger partial charge on any atom is 0.259 e. The molecule has 1 aliphatic heterocycles. The molecule has 146 valence electrons. The van der Waals surface area contributed by atoms with Crippen LogP contribution in [0.2, 0.25) is 0 Å². The van der Waals surface area contributed by atoms with Crippen LogP contribution in [0.3, 0.4) is 0 Å². The molecule has 3 aromatic rings. The van der Waals surface area contributed by atoms with Gasteiger partial charge in [-0.25, -0.2) is 0 Å². The largest absolute Gasteiger partial charge is 0.454 e. The van der Waals surface area contributed by atoms with E-state index in [2.05, 4.69) is 10.6 Å². The molecular formula is C23H20N2O3S. The third-order valence-electron chi connectivity index (χ3n) is 5.72. The number of carbonyl (C=O) groups is 2. The first-order chi connectivity index (χ1) is 14.2. The standard InChI is InChI=1S/C23H20N2O3S/c26-21-16-14-15(9-10-18(16)28-19-7-2-1-6-17(19)25-21)24-22(27)23(11-3-4-12-23)20-8-5-13-29-20/h1-2,5-10,13-14H,3-4,11-12H2,(H,24,27)(H,25,26). The lowest BCUT2D eigenvalue weighted by atomic mass is 9.83. The summed E-state index contributed by atoms with van der Waals surface area (Å²) >= 11 is 1.63. The Morgan fingerprint density at radius 2 is 1.86 bits per heavy atom. The fraction of sp³-hybridized carbons (Fsp3) is 0.217. The van der Waals surface area contributed by atoms with Crippen LogP contribution in [0.4, 0.5) is 11.4 Å². The molecule has 1 aliphatic carbocycles. The fourth-order valence-corrected chi connectivity index (χ4v) is 5.19. The summed E-state index contributed by atoms with van der Waals surface area (Å²) in [6.07, 6.45) is 3.79. The number of amides is 2. The molecule has 6 heteroatoms. The number of ether oxygens (including phenoxy) is 1. The van der Waals surface area contributed by atoms with Gasteiger partial charge in [-0.15, -0.1) is 11.3 Å². The van der Waals surface area contributed by atoms with Crippen LogP contribution in [-0.4, -0.2) is 11.8 Å². The molecule has 29 heavy (non-hydrogen) atoms. The van der Waals surface area contributed by atoms with Crippen molar-refractivity contribution >= 4 is 34.5 Å². The van der Waals surface area contributed by atoms with E-state index in [9.17, 15) is 9.59 Å². The number of rotatable bonds is 3. The topological polar surface area (TPSA) is 67.4 Å². The summed E-state index contributed by atoms with van der Waals surface area (Å²) in [5.74, 6) is 0.809. The van der Waals surface area contributed by atoms with Crippen molar-refractivity contribution in [2.24, 2.45) is 0 Å². The van der Waals surface area contributed by atoms with E-state index in [0.29, 0.717) is 28.4 Å². The predicted molar refractivity (Wildman–Crippen MR) is 114 cm³/mol. The lowest BCUT2D eigenvalue weighted by Gasteiger charge is -2.26. The average molecular weight is 404 g/mol. The minimum atomic E-state index is -0.476. The van der Waals surface area contributed by atoms with Crippen molar-refractivity contribution in [3.05, 3.63) is 70.4 Å². The van der Waals surface area contributed by atoms with Gasteiger partial charge >= 0.3 is 0 Å². The van der Waals surface area contributed by atoms with E-state index in [4.69, 9.17) is 4.74 Å². The van der Waals surface area contributed by atoms with Crippen LogP contribution in [-0.2, 0) is 10.2 Å². The maximum atomic E-state index is 13.3. The molecule has 0 atom stereocenters. The van der Waals surface area contributed by atoms with Crippen LogP contribution in [0, 0.1) is 0 Å². The number of thiophene rings is 1. The van der Waals surface area contributed by atoms with Crippen molar-refractivity contribution in [3.8, 4) is 11.5 Å². The molecule has 0 bridgehead atoms. The summed E-state index contributed by atoms with van der Waals surface area (Å²) < 4.78 is 5.92.